The number of fused-ring (bicyclic) bond motifs is 1. The minimum atomic E-state index is -0.341. The number of hydrogen-bond donors (Lipinski definition) is 1. The van der Waals surface area contributed by atoms with Crippen LogP contribution in [-0.2, 0) is 6.42 Å². The van der Waals surface area contributed by atoms with Crippen molar-refractivity contribution >= 4 is 40.3 Å². The summed E-state index contributed by atoms with van der Waals surface area (Å²) in [5.41, 5.74) is 7.33. The average Bonchev–Trinajstić information content (AvgIpc) is 2.77. The van der Waals surface area contributed by atoms with Crippen LogP contribution >= 0.6 is 11.6 Å². The highest BCUT2D eigenvalue weighted by Crippen LogP contribution is 2.33. The molecule has 0 radical (unpaired) electrons. The minimum absolute atomic E-state index is 0.341. The molecule has 3 aromatic rings. The van der Waals surface area contributed by atoms with E-state index >= 15 is 0 Å². The summed E-state index contributed by atoms with van der Waals surface area (Å²) < 4.78 is 0. The summed E-state index contributed by atoms with van der Waals surface area (Å²) in [7, 11) is 0. The van der Waals surface area contributed by atoms with Gasteiger partial charge in [0.15, 0.2) is 0 Å². The number of halogens is 1. The first-order valence-corrected chi connectivity index (χ1v) is 9.82. The lowest BCUT2D eigenvalue weighted by Gasteiger charge is -2.22. The topological polar surface area (TPSA) is 44.7 Å². The number of para-hydroxylation sites is 2. The van der Waals surface area contributed by atoms with E-state index in [4.69, 9.17) is 11.6 Å². The van der Waals surface area contributed by atoms with E-state index in [1.165, 1.54) is 5.56 Å². The van der Waals surface area contributed by atoms with Crippen molar-refractivity contribution in [2.75, 3.05) is 4.90 Å². The Balaban J connectivity index is 1.55. The molecule has 144 valence electrons. The number of hydrogen-bond acceptors (Lipinski definition) is 2. The molecule has 1 aliphatic carbocycles. The number of anilines is 2. The summed E-state index contributed by atoms with van der Waals surface area (Å²) in [5, 5.41) is 4.87. The predicted octanol–water partition coefficient (Wildman–Crippen LogP) is 6.12. The molecule has 0 atom stereocenters. The second kappa shape index (κ2) is 8.76. The number of benzene rings is 3. The van der Waals surface area contributed by atoms with Gasteiger partial charge in [0, 0.05) is 0 Å². The van der Waals surface area contributed by atoms with Crippen molar-refractivity contribution in [2.24, 2.45) is 5.10 Å². The van der Waals surface area contributed by atoms with Gasteiger partial charge in [-0.3, -0.25) is 4.90 Å². The lowest BCUT2D eigenvalue weighted by molar-refractivity contribution is 0.249. The molecule has 5 heteroatoms. The van der Waals surface area contributed by atoms with Gasteiger partial charge >= 0.3 is 6.03 Å². The fourth-order valence-electron chi connectivity index (χ4n) is 3.38. The zero-order valence-corrected chi connectivity index (χ0v) is 16.5. The first-order valence-electron chi connectivity index (χ1n) is 9.44. The molecule has 29 heavy (non-hydrogen) atoms. The molecule has 4 nitrogen and oxygen atoms in total. The third-order valence-corrected chi connectivity index (χ3v) is 5.26. The molecule has 3 aromatic carbocycles. The largest absolute Gasteiger partial charge is 0.346 e. The van der Waals surface area contributed by atoms with Crippen molar-refractivity contribution in [3.05, 3.63) is 102 Å². The van der Waals surface area contributed by atoms with Crippen LogP contribution < -0.4 is 10.3 Å². The van der Waals surface area contributed by atoms with E-state index in [9.17, 15) is 4.79 Å². The Bertz CT molecular complexity index is 1020. The lowest BCUT2D eigenvalue weighted by atomic mass is 9.92. The minimum Gasteiger partial charge on any atom is -0.262 e. The van der Waals surface area contributed by atoms with E-state index in [1.807, 2.05) is 78.9 Å². The van der Waals surface area contributed by atoms with E-state index in [1.54, 1.807) is 11.1 Å². The Morgan fingerprint density at radius 2 is 1.45 bits per heavy atom. The Kier molecular flexibility index (Phi) is 5.73. The van der Waals surface area contributed by atoms with E-state index in [0.717, 1.165) is 35.4 Å². The number of allylic oxidation sites excluding steroid dienone is 1. The number of amides is 2. The van der Waals surface area contributed by atoms with Crippen molar-refractivity contribution in [2.45, 2.75) is 12.8 Å². The molecule has 0 aromatic heterocycles. The van der Waals surface area contributed by atoms with Gasteiger partial charge in [-0.05, 0) is 53.8 Å². The Labute approximate surface area is 175 Å². The van der Waals surface area contributed by atoms with Crippen LogP contribution in [0.3, 0.4) is 0 Å². The summed E-state index contributed by atoms with van der Waals surface area (Å²) in [6.45, 7) is 0. The molecular weight excluding hydrogens is 382 g/mol. The summed E-state index contributed by atoms with van der Waals surface area (Å²) in [4.78, 5) is 14.5. The number of nitrogens with zero attached hydrogens (tertiary/aromatic N) is 2. The van der Waals surface area contributed by atoms with E-state index in [2.05, 4.69) is 16.6 Å². The van der Waals surface area contributed by atoms with Crippen LogP contribution in [0.5, 0.6) is 0 Å². The van der Waals surface area contributed by atoms with Crippen LogP contribution in [-0.4, -0.2) is 12.2 Å². The first-order chi connectivity index (χ1) is 14.2. The summed E-state index contributed by atoms with van der Waals surface area (Å²) >= 11 is 6.55. The molecule has 0 unspecified atom stereocenters. The lowest BCUT2D eigenvalue weighted by Crippen LogP contribution is -2.34. The molecule has 2 amide bonds. The van der Waals surface area contributed by atoms with Gasteiger partial charge in [-0.15, -0.1) is 0 Å². The normalized spacial score (nSPS) is 13.3. The number of hydrazone groups is 1. The molecule has 0 aliphatic heterocycles. The third-order valence-electron chi connectivity index (χ3n) is 4.81. The van der Waals surface area contributed by atoms with E-state index < -0.39 is 0 Å². The highest BCUT2D eigenvalue weighted by molar-refractivity contribution is 6.51. The summed E-state index contributed by atoms with van der Waals surface area (Å²) in [6.07, 6.45) is 3.34. The second-order valence-corrected chi connectivity index (χ2v) is 7.06. The Morgan fingerprint density at radius 3 is 2.10 bits per heavy atom. The number of aryl methyl sites for hydroxylation is 1. The number of urea groups is 1. The third kappa shape index (κ3) is 4.23. The molecule has 0 saturated heterocycles. The highest BCUT2D eigenvalue weighted by Gasteiger charge is 2.18. The first kappa shape index (κ1) is 19.0. The maximum atomic E-state index is 12.9. The smallest absolute Gasteiger partial charge is 0.262 e. The highest BCUT2D eigenvalue weighted by atomic mass is 35.5. The van der Waals surface area contributed by atoms with Crippen LogP contribution in [0.15, 0.2) is 95.6 Å². The number of carbonyl (C=O) groups is 1. The van der Waals surface area contributed by atoms with Crippen molar-refractivity contribution in [3.8, 4) is 0 Å². The standard InChI is InChI=1S/C24H20ClN3O/c25-23-19(16-15-18-9-7-8-14-22(18)23)17-26-27-24(29)28(20-10-3-1-4-11-20)21-12-5-2-6-13-21/h1-14,17H,15-16H2,(H,27,29)/b26-17+. The fourth-order valence-corrected chi connectivity index (χ4v) is 3.71. The van der Waals surface area contributed by atoms with Gasteiger partial charge in [-0.1, -0.05) is 72.3 Å². The van der Waals surface area contributed by atoms with Crippen LogP contribution in [0.2, 0.25) is 0 Å². The monoisotopic (exact) mass is 401 g/mol. The maximum Gasteiger partial charge on any atom is 0.346 e. The molecule has 1 aliphatic rings. The van der Waals surface area contributed by atoms with Crippen LogP contribution in [0.25, 0.3) is 5.03 Å². The summed E-state index contributed by atoms with van der Waals surface area (Å²) in [6, 6.07) is 26.7. The quantitative estimate of drug-likeness (QED) is 0.415. The average molecular weight is 402 g/mol. The molecular formula is C24H20ClN3O. The van der Waals surface area contributed by atoms with Crippen LogP contribution in [0, 0.1) is 0 Å². The molecule has 0 bridgehead atoms. The molecule has 0 saturated carbocycles. The maximum absolute atomic E-state index is 12.9. The van der Waals surface area contributed by atoms with Crippen molar-refractivity contribution < 1.29 is 4.79 Å². The number of nitrogens with one attached hydrogen (secondary N) is 1. The molecule has 1 N–H and O–H groups in total. The van der Waals surface area contributed by atoms with E-state index in [-0.39, 0.29) is 6.03 Å². The second-order valence-electron chi connectivity index (χ2n) is 6.68. The van der Waals surface area contributed by atoms with Gasteiger partial charge in [-0.2, -0.15) is 5.10 Å². The van der Waals surface area contributed by atoms with Gasteiger partial charge in [-0.25, -0.2) is 10.2 Å². The molecule has 0 fully saturated rings. The zero-order chi connectivity index (χ0) is 20.1. The predicted molar refractivity (Wildman–Crippen MR) is 120 cm³/mol. The molecule has 0 heterocycles. The Morgan fingerprint density at radius 1 is 0.862 bits per heavy atom. The fraction of sp³-hybridized carbons (Fsp3) is 0.0833. The van der Waals surface area contributed by atoms with Gasteiger partial charge in [0.2, 0.25) is 0 Å². The molecule has 4 rings (SSSR count). The van der Waals surface area contributed by atoms with Gasteiger partial charge in [0.1, 0.15) is 0 Å². The number of carbonyl (C=O) groups excluding carboxylic acids is 1. The van der Waals surface area contributed by atoms with Crippen LogP contribution in [0.1, 0.15) is 17.5 Å². The van der Waals surface area contributed by atoms with E-state index in [0.29, 0.717) is 5.03 Å². The van der Waals surface area contributed by atoms with Gasteiger partial charge in [0.25, 0.3) is 0 Å². The Hall–Kier alpha value is -3.37. The van der Waals surface area contributed by atoms with Gasteiger partial charge in [0.05, 0.1) is 22.6 Å². The zero-order valence-electron chi connectivity index (χ0n) is 15.8. The van der Waals surface area contributed by atoms with Crippen LogP contribution in [0.4, 0.5) is 16.2 Å². The summed E-state index contributed by atoms with van der Waals surface area (Å²) in [5.74, 6) is 0. The molecule has 0 spiro atoms. The number of rotatable bonds is 4. The SMILES string of the molecule is O=C(N/N=C/C1=C(Cl)c2ccccc2CC1)N(c1ccccc1)c1ccccc1. The van der Waals surface area contributed by atoms with Gasteiger partial charge < -0.3 is 0 Å². The van der Waals surface area contributed by atoms with Crippen molar-refractivity contribution in [1.29, 1.82) is 0 Å². The van der Waals surface area contributed by atoms with Crippen molar-refractivity contribution in [1.82, 2.24) is 5.43 Å². The van der Waals surface area contributed by atoms with Crippen molar-refractivity contribution in [3.63, 3.8) is 0 Å².